The van der Waals surface area contributed by atoms with Crippen LogP contribution in [0, 0.1) is 17.2 Å². The van der Waals surface area contributed by atoms with E-state index in [0.717, 1.165) is 17.6 Å². The molecular weight excluding hydrogens is 316 g/mol. The number of carbonyl (C=O) groups is 2. The Labute approximate surface area is 150 Å². The molecule has 0 amide bonds. The van der Waals surface area contributed by atoms with Crippen LogP contribution in [0.1, 0.15) is 66.2 Å². The fourth-order valence-electron chi connectivity index (χ4n) is 3.46. The van der Waals surface area contributed by atoms with Gasteiger partial charge >= 0.3 is 5.97 Å². The molecule has 0 fully saturated rings. The highest BCUT2D eigenvalue weighted by Crippen LogP contribution is 2.33. The fraction of sp³-hybridized carbons (Fsp3) is 0.650. The van der Waals surface area contributed by atoms with Gasteiger partial charge in [0.05, 0.1) is 11.6 Å². The smallest absolute Gasteiger partial charge is 0.309 e. The Morgan fingerprint density at radius 2 is 1.84 bits per heavy atom. The van der Waals surface area contributed by atoms with Crippen LogP contribution in [0.4, 0.5) is 0 Å². The molecule has 0 saturated carbocycles. The Bertz CT molecular complexity index is 638. The molecule has 0 bridgehead atoms. The second-order valence-corrected chi connectivity index (χ2v) is 8.16. The molecule has 2 atom stereocenters. The van der Waals surface area contributed by atoms with Gasteiger partial charge in [0.15, 0.2) is 0 Å². The molecule has 2 aliphatic carbocycles. The van der Waals surface area contributed by atoms with Crippen molar-refractivity contribution in [2.24, 2.45) is 17.6 Å². The Kier molecular flexibility index (Phi) is 5.86. The second kappa shape index (κ2) is 7.54. The van der Waals surface area contributed by atoms with E-state index in [9.17, 15) is 9.59 Å². The summed E-state index contributed by atoms with van der Waals surface area (Å²) in [5, 5.41) is 8.49. The number of esters is 1. The van der Waals surface area contributed by atoms with E-state index in [1.807, 2.05) is 26.8 Å². The van der Waals surface area contributed by atoms with Crippen LogP contribution in [0.5, 0.6) is 0 Å². The van der Waals surface area contributed by atoms with Crippen molar-refractivity contribution in [3.63, 3.8) is 0 Å². The predicted molar refractivity (Wildman–Crippen MR) is 98.2 cm³/mol. The summed E-state index contributed by atoms with van der Waals surface area (Å²) in [7, 11) is 0. The molecule has 3 N–H and O–H groups in total. The first kappa shape index (κ1) is 19.4. The van der Waals surface area contributed by atoms with Gasteiger partial charge in [0, 0.05) is 11.6 Å². The lowest BCUT2D eigenvalue weighted by Gasteiger charge is -2.28. The molecule has 0 radical (unpaired) electrons. The fourth-order valence-corrected chi connectivity index (χ4v) is 3.46. The van der Waals surface area contributed by atoms with E-state index in [4.69, 9.17) is 15.9 Å². The monoisotopic (exact) mass is 346 g/mol. The van der Waals surface area contributed by atoms with E-state index in [2.05, 4.69) is 0 Å². The molecule has 0 aromatic rings. The third-order valence-corrected chi connectivity index (χ3v) is 4.95. The van der Waals surface area contributed by atoms with E-state index in [-0.39, 0.29) is 23.6 Å². The van der Waals surface area contributed by atoms with Crippen LogP contribution in [0.15, 0.2) is 22.9 Å². The Morgan fingerprint density at radius 1 is 1.20 bits per heavy atom. The zero-order valence-electron chi connectivity index (χ0n) is 15.8. The van der Waals surface area contributed by atoms with Gasteiger partial charge in [-0.1, -0.05) is 6.08 Å². The number of nitrogens with two attached hydrogens (primary N) is 1. The summed E-state index contributed by atoms with van der Waals surface area (Å²) < 4.78 is 5.46. The normalized spacial score (nSPS) is 24.6. The minimum Gasteiger partial charge on any atom is -0.460 e. The Hall–Kier alpha value is -1.91. The number of hydrogen-bond acceptors (Lipinski definition) is 5. The van der Waals surface area contributed by atoms with Gasteiger partial charge in [0.25, 0.3) is 0 Å². The summed E-state index contributed by atoms with van der Waals surface area (Å²) in [4.78, 5) is 23.7. The van der Waals surface area contributed by atoms with Gasteiger partial charge in [0.1, 0.15) is 11.4 Å². The van der Waals surface area contributed by atoms with Crippen molar-refractivity contribution in [2.75, 3.05) is 0 Å². The SMILES string of the molecule is CC(=O)C1CCC(C(=N)C2=CCC(C(=O)OC(C)(C)C)CC2)=C(N)C1. The summed E-state index contributed by atoms with van der Waals surface area (Å²) in [5.74, 6) is -0.121. The topological polar surface area (TPSA) is 93.2 Å². The zero-order valence-corrected chi connectivity index (χ0v) is 15.8. The van der Waals surface area contributed by atoms with Crippen molar-refractivity contribution in [1.82, 2.24) is 0 Å². The Morgan fingerprint density at radius 3 is 2.32 bits per heavy atom. The molecular formula is C20H30N2O3. The highest BCUT2D eigenvalue weighted by Gasteiger charge is 2.30. The number of ether oxygens (including phenoxy) is 1. The summed E-state index contributed by atoms with van der Waals surface area (Å²) in [6.45, 7) is 7.22. The van der Waals surface area contributed by atoms with Crippen molar-refractivity contribution in [1.29, 1.82) is 5.41 Å². The quantitative estimate of drug-likeness (QED) is 0.600. The number of Topliss-reactive ketones (excluding diaryl/α,β-unsaturated/α-hetero) is 1. The van der Waals surface area contributed by atoms with Crippen LogP contribution < -0.4 is 5.73 Å². The number of allylic oxidation sites excluding steroid dienone is 4. The molecule has 2 unspecified atom stereocenters. The van der Waals surface area contributed by atoms with Crippen molar-refractivity contribution in [3.05, 3.63) is 22.9 Å². The van der Waals surface area contributed by atoms with Crippen LogP contribution in [0.25, 0.3) is 0 Å². The van der Waals surface area contributed by atoms with E-state index in [1.165, 1.54) is 0 Å². The second-order valence-electron chi connectivity index (χ2n) is 8.16. The van der Waals surface area contributed by atoms with Crippen molar-refractivity contribution in [3.8, 4) is 0 Å². The molecule has 0 aliphatic heterocycles. The van der Waals surface area contributed by atoms with Crippen molar-refractivity contribution in [2.45, 2.75) is 71.8 Å². The predicted octanol–water partition coefficient (Wildman–Crippen LogP) is 3.68. The first-order valence-electron chi connectivity index (χ1n) is 9.07. The number of rotatable bonds is 4. The van der Waals surface area contributed by atoms with Gasteiger partial charge < -0.3 is 15.9 Å². The molecule has 0 aromatic carbocycles. The van der Waals surface area contributed by atoms with Gasteiger partial charge in [-0.05, 0) is 77.4 Å². The Balaban J connectivity index is 2.01. The van der Waals surface area contributed by atoms with Crippen molar-refractivity contribution < 1.29 is 14.3 Å². The maximum Gasteiger partial charge on any atom is 0.309 e. The third kappa shape index (κ3) is 5.03. The highest BCUT2D eigenvalue weighted by molar-refractivity contribution is 6.11. The van der Waals surface area contributed by atoms with Crippen LogP contribution >= 0.6 is 0 Å². The summed E-state index contributed by atoms with van der Waals surface area (Å²) >= 11 is 0. The van der Waals surface area contributed by atoms with Gasteiger partial charge in [-0.25, -0.2) is 0 Å². The summed E-state index contributed by atoms with van der Waals surface area (Å²) in [6, 6.07) is 0. The maximum absolute atomic E-state index is 12.2. The molecule has 5 nitrogen and oxygen atoms in total. The third-order valence-electron chi connectivity index (χ3n) is 4.95. The average molecular weight is 346 g/mol. The minimum atomic E-state index is -0.470. The first-order chi connectivity index (χ1) is 11.6. The lowest BCUT2D eigenvalue weighted by molar-refractivity contribution is -0.160. The number of nitrogens with one attached hydrogen (secondary N) is 1. The highest BCUT2D eigenvalue weighted by atomic mass is 16.6. The minimum absolute atomic E-state index is 0.00608. The van der Waals surface area contributed by atoms with Gasteiger partial charge in [-0.3, -0.25) is 9.59 Å². The van der Waals surface area contributed by atoms with E-state index >= 15 is 0 Å². The molecule has 0 saturated heterocycles. The molecule has 5 heteroatoms. The molecule has 2 rings (SSSR count). The molecule has 0 heterocycles. The summed E-state index contributed by atoms with van der Waals surface area (Å²) in [5.41, 5.74) is 8.67. The summed E-state index contributed by atoms with van der Waals surface area (Å²) in [6.07, 6.45) is 5.99. The average Bonchev–Trinajstić information content (AvgIpc) is 2.52. The van der Waals surface area contributed by atoms with Crippen LogP contribution in [0.2, 0.25) is 0 Å². The number of carbonyl (C=O) groups excluding carboxylic acids is 2. The van der Waals surface area contributed by atoms with E-state index in [1.54, 1.807) is 6.92 Å². The van der Waals surface area contributed by atoms with Gasteiger partial charge in [-0.15, -0.1) is 0 Å². The largest absolute Gasteiger partial charge is 0.460 e. The molecule has 2 aliphatic rings. The van der Waals surface area contributed by atoms with Gasteiger partial charge in [-0.2, -0.15) is 0 Å². The van der Waals surface area contributed by atoms with Crippen LogP contribution in [-0.2, 0) is 14.3 Å². The number of hydrogen-bond donors (Lipinski definition) is 2. The zero-order chi connectivity index (χ0) is 18.8. The number of ketones is 1. The first-order valence-corrected chi connectivity index (χ1v) is 9.07. The standard InChI is InChI=1S/C20H30N2O3/c1-12(23)15-9-10-16(17(21)11-15)18(22)13-5-7-14(8-6-13)19(24)25-20(2,3)4/h5,14-15,22H,6-11,21H2,1-4H3. The van der Waals surface area contributed by atoms with Crippen molar-refractivity contribution >= 4 is 17.5 Å². The van der Waals surface area contributed by atoms with E-state index < -0.39 is 5.60 Å². The van der Waals surface area contributed by atoms with Gasteiger partial charge in [0.2, 0.25) is 0 Å². The molecule has 0 spiro atoms. The maximum atomic E-state index is 12.2. The van der Waals surface area contributed by atoms with Crippen LogP contribution in [-0.4, -0.2) is 23.1 Å². The molecule has 138 valence electrons. The van der Waals surface area contributed by atoms with Crippen LogP contribution in [0.3, 0.4) is 0 Å². The molecule has 25 heavy (non-hydrogen) atoms. The van der Waals surface area contributed by atoms with E-state index in [0.29, 0.717) is 43.5 Å². The molecule has 0 aromatic heterocycles. The lowest BCUT2D eigenvalue weighted by atomic mass is 9.79. The lowest BCUT2D eigenvalue weighted by Crippen LogP contribution is -2.30.